The van der Waals surface area contributed by atoms with Gasteiger partial charge in [0.05, 0.1) is 0 Å². The molecule has 0 atom stereocenters. The zero-order valence-electron chi connectivity index (χ0n) is 15.5. The summed E-state index contributed by atoms with van der Waals surface area (Å²) in [5, 5.41) is 0. The number of fused-ring (bicyclic) bond motifs is 4. The summed E-state index contributed by atoms with van der Waals surface area (Å²) in [6.07, 6.45) is 5.59. The van der Waals surface area contributed by atoms with Gasteiger partial charge in [0.15, 0.2) is 11.6 Å². The highest BCUT2D eigenvalue weighted by atomic mass is 28.2. The van der Waals surface area contributed by atoms with Gasteiger partial charge in [-0.2, -0.15) is 0 Å². The highest BCUT2D eigenvalue weighted by Crippen LogP contribution is 2.53. The van der Waals surface area contributed by atoms with Gasteiger partial charge in [-0.15, -0.1) is 0 Å². The fourth-order valence-corrected chi connectivity index (χ4v) is 6.06. The van der Waals surface area contributed by atoms with E-state index < -0.39 is 11.6 Å². The molecule has 2 aromatic rings. The van der Waals surface area contributed by atoms with Crippen LogP contribution in [0.3, 0.4) is 0 Å². The average molecular weight is 375 g/mol. The number of aryl methyl sites for hydroxylation is 1. The van der Waals surface area contributed by atoms with Crippen molar-refractivity contribution in [1.82, 2.24) is 0 Å². The van der Waals surface area contributed by atoms with Crippen molar-refractivity contribution in [2.24, 2.45) is 0 Å². The van der Waals surface area contributed by atoms with Crippen molar-refractivity contribution in [2.75, 3.05) is 0 Å². The minimum atomic E-state index is -0.857. The molecule has 0 bridgehead atoms. The quantitative estimate of drug-likeness (QED) is 0.466. The summed E-state index contributed by atoms with van der Waals surface area (Å²) in [5.74, 6) is -1.90. The molecule has 1 saturated carbocycles. The van der Waals surface area contributed by atoms with Crippen molar-refractivity contribution in [3.8, 4) is 22.3 Å². The normalized spacial score (nSPS) is 21.6. The summed E-state index contributed by atoms with van der Waals surface area (Å²) in [6.45, 7) is 4.31. The summed E-state index contributed by atoms with van der Waals surface area (Å²) in [4.78, 5) is 0. The van der Waals surface area contributed by atoms with E-state index in [9.17, 15) is 13.2 Å². The van der Waals surface area contributed by atoms with Crippen LogP contribution in [0.25, 0.3) is 22.3 Å². The molecule has 2 aliphatic rings. The molecule has 0 aromatic heterocycles. The van der Waals surface area contributed by atoms with Crippen molar-refractivity contribution in [1.29, 1.82) is 0 Å². The molecule has 4 heteroatoms. The standard InChI is InChI=1S/C22H25F3Si/c1-3-4-13-7-10-15-17-11-16(12-5-8-14(26-2)9-6-12)21(24)22(25)19(17)18(15)20(13)23/h7,10-12,14H,3-6,8-9,26H2,1-2H3. The lowest BCUT2D eigenvalue weighted by Crippen LogP contribution is -2.16. The van der Waals surface area contributed by atoms with Crippen molar-refractivity contribution in [2.45, 2.75) is 63.5 Å². The second-order valence-electron chi connectivity index (χ2n) is 7.85. The third kappa shape index (κ3) is 2.65. The van der Waals surface area contributed by atoms with E-state index in [0.717, 1.165) is 43.2 Å². The van der Waals surface area contributed by atoms with Crippen molar-refractivity contribution in [3.63, 3.8) is 0 Å². The minimum Gasteiger partial charge on any atom is -0.206 e. The summed E-state index contributed by atoms with van der Waals surface area (Å²) >= 11 is 0. The molecule has 0 spiro atoms. The third-order valence-electron chi connectivity index (χ3n) is 6.38. The first-order valence-corrected chi connectivity index (χ1v) is 12.1. The zero-order chi connectivity index (χ0) is 18.4. The number of benzene rings is 2. The topological polar surface area (TPSA) is 0 Å². The van der Waals surface area contributed by atoms with Gasteiger partial charge in [-0.25, -0.2) is 13.2 Å². The Morgan fingerprint density at radius 1 is 0.923 bits per heavy atom. The minimum absolute atomic E-state index is 0.0165. The van der Waals surface area contributed by atoms with Crippen LogP contribution in [0.2, 0.25) is 12.1 Å². The second-order valence-corrected chi connectivity index (χ2v) is 9.82. The molecule has 26 heavy (non-hydrogen) atoms. The molecule has 4 rings (SSSR count). The first kappa shape index (κ1) is 17.8. The molecule has 138 valence electrons. The molecular formula is C22H25F3Si. The largest absolute Gasteiger partial charge is 0.206 e. The van der Waals surface area contributed by atoms with Gasteiger partial charge in [-0.1, -0.05) is 50.4 Å². The Balaban J connectivity index is 1.72. The fraction of sp³-hybridized carbons (Fsp3) is 0.455. The first-order valence-electron chi connectivity index (χ1n) is 9.90. The molecule has 0 radical (unpaired) electrons. The lowest BCUT2D eigenvalue weighted by molar-refractivity contribution is 0.416. The van der Waals surface area contributed by atoms with Crippen LogP contribution < -0.4 is 0 Å². The van der Waals surface area contributed by atoms with Crippen LogP contribution in [-0.2, 0) is 6.42 Å². The van der Waals surface area contributed by atoms with E-state index in [1.807, 2.05) is 13.0 Å². The molecule has 0 N–H and O–H groups in total. The Kier molecular flexibility index (Phi) is 4.72. The van der Waals surface area contributed by atoms with Crippen LogP contribution in [0.4, 0.5) is 13.2 Å². The van der Waals surface area contributed by atoms with Gasteiger partial charge in [-0.3, -0.25) is 0 Å². The number of hydrogen-bond donors (Lipinski definition) is 0. The molecule has 0 unspecified atom stereocenters. The van der Waals surface area contributed by atoms with Crippen LogP contribution in [0.1, 0.15) is 56.1 Å². The highest BCUT2D eigenvalue weighted by molar-refractivity contribution is 6.35. The predicted molar refractivity (Wildman–Crippen MR) is 104 cm³/mol. The fourth-order valence-electron chi connectivity index (χ4n) is 4.77. The molecule has 2 aromatic carbocycles. The predicted octanol–water partition coefficient (Wildman–Crippen LogP) is 6.37. The van der Waals surface area contributed by atoms with Gasteiger partial charge in [0.25, 0.3) is 0 Å². The Morgan fingerprint density at radius 2 is 1.62 bits per heavy atom. The summed E-state index contributed by atoms with van der Waals surface area (Å²) < 4.78 is 44.4. The summed E-state index contributed by atoms with van der Waals surface area (Å²) in [5.41, 5.74) is 3.76. The maximum Gasteiger partial charge on any atom is 0.167 e. The lowest BCUT2D eigenvalue weighted by atomic mass is 9.75. The smallest absolute Gasteiger partial charge is 0.167 e. The monoisotopic (exact) mass is 374 g/mol. The van der Waals surface area contributed by atoms with Gasteiger partial charge >= 0.3 is 0 Å². The molecule has 0 nitrogen and oxygen atoms in total. The molecule has 2 aliphatic carbocycles. The molecular weight excluding hydrogens is 349 g/mol. The SMILES string of the molecule is CCCc1ccc2c(c1F)-c1c-2cc(C2CCC([SiH2]C)CC2)c(F)c1F. The summed E-state index contributed by atoms with van der Waals surface area (Å²) in [6, 6.07) is 5.45. The molecule has 0 saturated heterocycles. The van der Waals surface area contributed by atoms with E-state index in [1.54, 1.807) is 12.1 Å². The van der Waals surface area contributed by atoms with Gasteiger partial charge in [0, 0.05) is 20.6 Å². The molecule has 0 aliphatic heterocycles. The van der Waals surface area contributed by atoms with Crippen LogP contribution in [0, 0.1) is 17.5 Å². The van der Waals surface area contributed by atoms with Crippen molar-refractivity contribution < 1.29 is 13.2 Å². The Labute approximate surface area is 155 Å². The Bertz CT molecular complexity index is 851. The maximum atomic E-state index is 14.8. The Morgan fingerprint density at radius 3 is 2.27 bits per heavy atom. The van der Waals surface area contributed by atoms with Gasteiger partial charge in [0.1, 0.15) is 5.82 Å². The van der Waals surface area contributed by atoms with Crippen LogP contribution in [0.15, 0.2) is 18.2 Å². The third-order valence-corrected chi connectivity index (χ3v) is 8.35. The van der Waals surface area contributed by atoms with Crippen LogP contribution >= 0.6 is 0 Å². The van der Waals surface area contributed by atoms with Crippen LogP contribution in [0.5, 0.6) is 0 Å². The number of hydrogen-bond acceptors (Lipinski definition) is 0. The Hall–Kier alpha value is -1.55. The van der Waals surface area contributed by atoms with Crippen molar-refractivity contribution >= 4 is 9.52 Å². The molecule has 0 heterocycles. The first-order chi connectivity index (χ1) is 12.6. The molecule has 0 amide bonds. The van der Waals surface area contributed by atoms with E-state index in [1.165, 1.54) is 0 Å². The van der Waals surface area contributed by atoms with E-state index >= 15 is 0 Å². The van der Waals surface area contributed by atoms with Crippen molar-refractivity contribution in [3.05, 3.63) is 46.8 Å². The maximum absolute atomic E-state index is 14.8. The van der Waals surface area contributed by atoms with Gasteiger partial charge in [-0.05, 0) is 53.5 Å². The summed E-state index contributed by atoms with van der Waals surface area (Å²) in [7, 11) is -0.0165. The number of rotatable bonds is 4. The van der Waals surface area contributed by atoms with Gasteiger partial charge in [0.2, 0.25) is 0 Å². The van der Waals surface area contributed by atoms with E-state index in [-0.39, 0.29) is 32.4 Å². The van der Waals surface area contributed by atoms with Gasteiger partial charge < -0.3 is 0 Å². The second kappa shape index (κ2) is 6.88. The van der Waals surface area contributed by atoms with Crippen LogP contribution in [-0.4, -0.2) is 9.52 Å². The average Bonchev–Trinajstić information content (AvgIpc) is 2.64. The molecule has 1 fully saturated rings. The lowest BCUT2D eigenvalue weighted by Gasteiger charge is -2.32. The highest BCUT2D eigenvalue weighted by Gasteiger charge is 2.35. The van der Waals surface area contributed by atoms with E-state index in [4.69, 9.17) is 0 Å². The number of halogens is 3. The zero-order valence-corrected chi connectivity index (χ0v) is 16.9. The van der Waals surface area contributed by atoms with E-state index in [0.29, 0.717) is 23.1 Å². The van der Waals surface area contributed by atoms with E-state index in [2.05, 4.69) is 6.55 Å².